The van der Waals surface area contributed by atoms with Gasteiger partial charge in [-0.2, -0.15) is 0 Å². The summed E-state index contributed by atoms with van der Waals surface area (Å²) in [5.41, 5.74) is 0.758. The summed E-state index contributed by atoms with van der Waals surface area (Å²) >= 11 is 0. The van der Waals surface area contributed by atoms with E-state index in [9.17, 15) is 14.4 Å². The quantitative estimate of drug-likeness (QED) is 0.332. The van der Waals surface area contributed by atoms with E-state index in [-0.39, 0.29) is 36.9 Å². The average Bonchev–Trinajstić information content (AvgIpc) is 3.40. The van der Waals surface area contributed by atoms with Gasteiger partial charge in [0.2, 0.25) is 5.91 Å². The molecule has 43 heavy (non-hydrogen) atoms. The number of ether oxygens (including phenoxy) is 4. The molecule has 2 aromatic carbocycles. The molecule has 1 aliphatic heterocycles. The van der Waals surface area contributed by atoms with Crippen LogP contribution in [-0.4, -0.2) is 86.4 Å². The number of methoxy groups -OCH3 is 2. The Morgan fingerprint density at radius 2 is 1.72 bits per heavy atom. The first-order chi connectivity index (χ1) is 20.4. The van der Waals surface area contributed by atoms with Gasteiger partial charge in [-0.25, -0.2) is 4.79 Å². The molecule has 10 heteroatoms. The zero-order valence-electron chi connectivity index (χ0n) is 26.6. The minimum atomic E-state index is -0.669. The van der Waals surface area contributed by atoms with E-state index >= 15 is 0 Å². The van der Waals surface area contributed by atoms with Crippen LogP contribution in [0.5, 0.6) is 11.5 Å². The highest BCUT2D eigenvalue weighted by Crippen LogP contribution is 2.31. The monoisotopic (exact) mass is 597 g/mol. The van der Waals surface area contributed by atoms with Crippen LogP contribution in [0.15, 0.2) is 48.5 Å². The molecule has 0 radical (unpaired) electrons. The normalized spacial score (nSPS) is 16.6. The van der Waals surface area contributed by atoms with Gasteiger partial charge in [0, 0.05) is 63.8 Å². The Morgan fingerprint density at radius 3 is 2.35 bits per heavy atom. The Labute approximate surface area is 255 Å². The third-order valence-corrected chi connectivity index (χ3v) is 7.22. The second-order valence-corrected chi connectivity index (χ2v) is 12.1. The van der Waals surface area contributed by atoms with Crippen LogP contribution in [0, 0.1) is 11.8 Å². The highest BCUT2D eigenvalue weighted by atomic mass is 16.6. The lowest BCUT2D eigenvalue weighted by atomic mass is 9.93. The van der Waals surface area contributed by atoms with Crippen molar-refractivity contribution in [2.45, 2.75) is 59.2 Å². The van der Waals surface area contributed by atoms with Gasteiger partial charge in [0.1, 0.15) is 5.60 Å². The SMILES string of the molecule is COCCCOc1cc(C(=O)N(CC2CN(C(=O)OC(C)(C)C)CC2C(=O)NCc2ccccc2)C(C)C)ccc1OC. The van der Waals surface area contributed by atoms with Crippen LogP contribution < -0.4 is 14.8 Å². The third kappa shape index (κ3) is 9.88. The van der Waals surface area contributed by atoms with Gasteiger partial charge in [0.25, 0.3) is 5.91 Å². The van der Waals surface area contributed by atoms with E-state index in [1.165, 1.54) is 0 Å². The number of carbonyl (C=O) groups is 3. The van der Waals surface area contributed by atoms with Crippen molar-refractivity contribution in [1.29, 1.82) is 0 Å². The number of rotatable bonds is 13. The predicted octanol–water partition coefficient (Wildman–Crippen LogP) is 4.76. The second kappa shape index (κ2) is 15.6. The lowest BCUT2D eigenvalue weighted by molar-refractivity contribution is -0.126. The number of amides is 3. The Balaban J connectivity index is 1.81. The predicted molar refractivity (Wildman–Crippen MR) is 164 cm³/mol. The van der Waals surface area contributed by atoms with Crippen molar-refractivity contribution < 1.29 is 33.3 Å². The number of hydrogen-bond donors (Lipinski definition) is 1. The highest BCUT2D eigenvalue weighted by molar-refractivity contribution is 5.95. The maximum absolute atomic E-state index is 13.9. The van der Waals surface area contributed by atoms with Crippen LogP contribution in [0.1, 0.15) is 57.0 Å². The van der Waals surface area contributed by atoms with E-state index in [4.69, 9.17) is 18.9 Å². The molecule has 1 heterocycles. The highest BCUT2D eigenvalue weighted by Gasteiger charge is 2.42. The summed E-state index contributed by atoms with van der Waals surface area (Å²) in [6.45, 7) is 11.5. The Hall–Kier alpha value is -3.79. The molecule has 1 fully saturated rings. The molecule has 3 amide bonds. The number of likely N-dealkylation sites (tertiary alicyclic amines) is 1. The lowest BCUT2D eigenvalue weighted by Gasteiger charge is -2.31. The molecule has 3 rings (SSSR count). The van der Waals surface area contributed by atoms with Gasteiger partial charge in [-0.15, -0.1) is 0 Å². The maximum Gasteiger partial charge on any atom is 0.410 e. The summed E-state index contributed by atoms with van der Waals surface area (Å²) in [7, 11) is 3.19. The number of nitrogens with zero attached hydrogens (tertiary/aromatic N) is 2. The van der Waals surface area contributed by atoms with Crippen LogP contribution in [0.4, 0.5) is 4.79 Å². The minimum absolute atomic E-state index is 0.160. The lowest BCUT2D eigenvalue weighted by Crippen LogP contribution is -2.44. The Bertz CT molecular complexity index is 1210. The fraction of sp³-hybridized carbons (Fsp3) is 0.545. The molecule has 10 nitrogen and oxygen atoms in total. The van der Waals surface area contributed by atoms with E-state index in [1.807, 2.05) is 65.0 Å². The fourth-order valence-electron chi connectivity index (χ4n) is 5.00. The van der Waals surface area contributed by atoms with Gasteiger partial charge in [-0.05, 0) is 58.4 Å². The Kier molecular flexibility index (Phi) is 12.2. The van der Waals surface area contributed by atoms with Crippen molar-refractivity contribution >= 4 is 17.9 Å². The summed E-state index contributed by atoms with van der Waals surface area (Å²) in [5, 5.41) is 3.03. The topological polar surface area (TPSA) is 107 Å². The molecular formula is C33H47N3O7. The molecule has 2 unspecified atom stereocenters. The Morgan fingerprint density at radius 1 is 1.00 bits per heavy atom. The van der Waals surface area contributed by atoms with Crippen LogP contribution in [0.25, 0.3) is 0 Å². The van der Waals surface area contributed by atoms with E-state index < -0.39 is 17.6 Å². The van der Waals surface area contributed by atoms with Crippen molar-refractivity contribution in [3.63, 3.8) is 0 Å². The van der Waals surface area contributed by atoms with Gasteiger partial charge in [-0.1, -0.05) is 30.3 Å². The molecule has 2 atom stereocenters. The molecule has 0 spiro atoms. The molecule has 1 aliphatic rings. The smallest absolute Gasteiger partial charge is 0.410 e. The van der Waals surface area contributed by atoms with Crippen LogP contribution in [-0.2, 0) is 20.8 Å². The van der Waals surface area contributed by atoms with Gasteiger partial charge in [0.05, 0.1) is 19.6 Å². The molecule has 0 aromatic heterocycles. The maximum atomic E-state index is 13.9. The molecule has 1 saturated heterocycles. The summed E-state index contributed by atoms with van der Waals surface area (Å²) in [5.74, 6) is -0.156. The number of carbonyl (C=O) groups excluding carboxylic acids is 3. The summed E-state index contributed by atoms with van der Waals surface area (Å²) in [6.07, 6.45) is 0.225. The molecule has 0 bridgehead atoms. The first-order valence-electron chi connectivity index (χ1n) is 14.8. The fourth-order valence-corrected chi connectivity index (χ4v) is 5.00. The van der Waals surface area contributed by atoms with Gasteiger partial charge >= 0.3 is 6.09 Å². The van der Waals surface area contributed by atoms with E-state index in [1.54, 1.807) is 42.2 Å². The number of nitrogens with one attached hydrogen (secondary N) is 1. The van der Waals surface area contributed by atoms with Crippen molar-refractivity contribution in [2.75, 3.05) is 47.1 Å². The van der Waals surface area contributed by atoms with Crippen molar-refractivity contribution in [3.8, 4) is 11.5 Å². The zero-order chi connectivity index (χ0) is 31.6. The second-order valence-electron chi connectivity index (χ2n) is 12.1. The van der Waals surface area contributed by atoms with Gasteiger partial charge in [-0.3, -0.25) is 9.59 Å². The van der Waals surface area contributed by atoms with E-state index in [0.717, 1.165) is 5.56 Å². The van der Waals surface area contributed by atoms with E-state index in [0.29, 0.717) is 49.8 Å². The molecule has 236 valence electrons. The summed E-state index contributed by atoms with van der Waals surface area (Å²) in [6, 6.07) is 14.6. The standard InChI is InChI=1S/C33H47N3O7/c1-23(2)36(31(38)25-14-15-28(41-7)29(18-25)42-17-11-16-40-6)21-26-20-35(32(39)43-33(3,4)5)22-27(26)30(37)34-19-24-12-9-8-10-13-24/h8-10,12-15,18,23,26-27H,11,16-17,19-22H2,1-7H3,(H,34,37). The molecule has 0 aliphatic carbocycles. The molecule has 2 aromatic rings. The molecule has 0 saturated carbocycles. The van der Waals surface area contributed by atoms with Crippen molar-refractivity contribution in [3.05, 3.63) is 59.7 Å². The minimum Gasteiger partial charge on any atom is -0.493 e. The molecular weight excluding hydrogens is 550 g/mol. The van der Waals surface area contributed by atoms with Crippen LogP contribution >= 0.6 is 0 Å². The van der Waals surface area contributed by atoms with Crippen LogP contribution in [0.3, 0.4) is 0 Å². The molecule has 1 N–H and O–H groups in total. The average molecular weight is 598 g/mol. The van der Waals surface area contributed by atoms with Gasteiger partial charge in [0.15, 0.2) is 11.5 Å². The third-order valence-electron chi connectivity index (χ3n) is 7.22. The first-order valence-corrected chi connectivity index (χ1v) is 14.8. The number of benzene rings is 2. The van der Waals surface area contributed by atoms with Crippen LogP contribution in [0.2, 0.25) is 0 Å². The van der Waals surface area contributed by atoms with Crippen molar-refractivity contribution in [2.24, 2.45) is 11.8 Å². The number of hydrogen-bond acceptors (Lipinski definition) is 7. The first kappa shape index (κ1) is 33.7. The largest absolute Gasteiger partial charge is 0.493 e. The summed E-state index contributed by atoms with van der Waals surface area (Å²) in [4.78, 5) is 43.7. The zero-order valence-corrected chi connectivity index (χ0v) is 26.6. The van der Waals surface area contributed by atoms with Crippen molar-refractivity contribution in [1.82, 2.24) is 15.1 Å². The summed E-state index contributed by atoms with van der Waals surface area (Å²) < 4.78 is 22.1. The van der Waals surface area contributed by atoms with Gasteiger partial charge < -0.3 is 34.1 Å². The van der Waals surface area contributed by atoms with E-state index in [2.05, 4.69) is 5.32 Å².